The van der Waals surface area contributed by atoms with E-state index in [1.807, 2.05) is 0 Å². The number of halogens is 2. The molecule has 24 heavy (non-hydrogen) atoms. The molecular formula is C15H11F2N3O3S. The van der Waals surface area contributed by atoms with Crippen molar-refractivity contribution in [1.82, 2.24) is 9.19 Å². The predicted octanol–water partition coefficient (Wildman–Crippen LogP) is 2.35. The second kappa shape index (κ2) is 5.68. The molecule has 3 aromatic rings. The molecule has 0 amide bonds. The van der Waals surface area contributed by atoms with Gasteiger partial charge in [0.15, 0.2) is 0 Å². The first kappa shape index (κ1) is 16.1. The van der Waals surface area contributed by atoms with E-state index < -0.39 is 21.7 Å². The number of aromatic nitrogens is 2. The third-order valence-corrected chi connectivity index (χ3v) is 4.33. The Morgan fingerprint density at radius 2 is 1.96 bits per heavy atom. The normalized spacial score (nSPS) is 12.7. The van der Waals surface area contributed by atoms with Crippen molar-refractivity contribution in [2.75, 3.05) is 6.26 Å². The summed E-state index contributed by atoms with van der Waals surface area (Å²) in [5.74, 6) is -1.63. The van der Waals surface area contributed by atoms with E-state index in [1.165, 1.54) is 24.4 Å². The van der Waals surface area contributed by atoms with Crippen molar-refractivity contribution in [3.63, 3.8) is 0 Å². The molecule has 0 atom stereocenters. The maximum absolute atomic E-state index is 13.9. The lowest BCUT2D eigenvalue weighted by Crippen LogP contribution is -2.11. The Bertz CT molecular complexity index is 1070. The van der Waals surface area contributed by atoms with E-state index in [0.717, 1.165) is 22.5 Å². The zero-order chi connectivity index (χ0) is 17.5. The second-order valence-electron chi connectivity index (χ2n) is 5.10. The fraction of sp³-hybridized carbons (Fsp3) is 0.0667. The summed E-state index contributed by atoms with van der Waals surface area (Å²) in [6.45, 7) is 0. The van der Waals surface area contributed by atoms with Gasteiger partial charge in [-0.15, -0.1) is 0 Å². The van der Waals surface area contributed by atoms with Gasteiger partial charge in [-0.2, -0.15) is 9.19 Å². The number of nitrogens with zero attached hydrogens (tertiary/aromatic N) is 3. The topological polar surface area (TPSA) is 84.5 Å². The largest absolute Gasteiger partial charge is 0.410 e. The fourth-order valence-electron chi connectivity index (χ4n) is 2.37. The summed E-state index contributed by atoms with van der Waals surface area (Å²) in [5, 5.41) is 16.6. The van der Waals surface area contributed by atoms with Gasteiger partial charge in [0, 0.05) is 22.6 Å². The molecule has 0 saturated heterocycles. The van der Waals surface area contributed by atoms with Crippen molar-refractivity contribution in [3.8, 4) is 0 Å². The van der Waals surface area contributed by atoms with Crippen LogP contribution in [0, 0.1) is 11.6 Å². The summed E-state index contributed by atoms with van der Waals surface area (Å²) in [6.07, 6.45) is 2.34. The van der Waals surface area contributed by atoms with Gasteiger partial charge in [0.1, 0.15) is 17.3 Å². The van der Waals surface area contributed by atoms with Crippen LogP contribution in [0.25, 0.3) is 10.9 Å². The number of benzene rings is 2. The molecule has 0 aliphatic carbocycles. The molecule has 0 unspecified atom stereocenters. The molecule has 1 aromatic heterocycles. The zero-order valence-corrected chi connectivity index (χ0v) is 13.1. The van der Waals surface area contributed by atoms with Crippen molar-refractivity contribution in [3.05, 3.63) is 65.4 Å². The molecule has 1 heterocycles. The Morgan fingerprint density at radius 3 is 2.58 bits per heavy atom. The van der Waals surface area contributed by atoms with E-state index in [9.17, 15) is 22.4 Å². The Kier molecular flexibility index (Phi) is 3.80. The molecule has 0 saturated carbocycles. The van der Waals surface area contributed by atoms with Gasteiger partial charge in [0.2, 0.25) is 0 Å². The summed E-state index contributed by atoms with van der Waals surface area (Å²) in [7, 11) is -3.56. The molecule has 3 rings (SSSR count). The van der Waals surface area contributed by atoms with Crippen molar-refractivity contribution < 1.29 is 22.4 Å². The molecule has 124 valence electrons. The first-order valence-electron chi connectivity index (χ1n) is 6.67. The molecule has 0 bridgehead atoms. The number of rotatable bonds is 3. The molecular weight excluding hydrogens is 340 g/mol. The van der Waals surface area contributed by atoms with Crippen molar-refractivity contribution in [1.29, 1.82) is 0 Å². The van der Waals surface area contributed by atoms with Crippen molar-refractivity contribution in [2.24, 2.45) is 5.16 Å². The van der Waals surface area contributed by atoms with Crippen LogP contribution < -0.4 is 0 Å². The second-order valence-corrected chi connectivity index (χ2v) is 6.91. The van der Waals surface area contributed by atoms with E-state index >= 15 is 0 Å². The van der Waals surface area contributed by atoms with Crippen LogP contribution in [0.5, 0.6) is 0 Å². The Morgan fingerprint density at radius 1 is 1.21 bits per heavy atom. The van der Waals surface area contributed by atoms with Gasteiger partial charge in [-0.1, -0.05) is 11.2 Å². The SMILES string of the molecule is CS(=O)(=O)n1ncc2cc(/C(=N/O)c3ccc(F)cc3F)ccc21. The van der Waals surface area contributed by atoms with Crippen LogP contribution in [0.3, 0.4) is 0 Å². The average molecular weight is 351 g/mol. The van der Waals surface area contributed by atoms with Crippen LogP contribution in [-0.4, -0.2) is 34.8 Å². The molecule has 0 fully saturated rings. The monoisotopic (exact) mass is 351 g/mol. The zero-order valence-electron chi connectivity index (χ0n) is 12.3. The minimum Gasteiger partial charge on any atom is -0.410 e. The predicted molar refractivity (Wildman–Crippen MR) is 83.8 cm³/mol. The van der Waals surface area contributed by atoms with Gasteiger partial charge in [-0.25, -0.2) is 17.2 Å². The lowest BCUT2D eigenvalue weighted by Gasteiger charge is -2.07. The summed E-state index contributed by atoms with van der Waals surface area (Å²) >= 11 is 0. The van der Waals surface area contributed by atoms with Crippen LogP contribution in [0.1, 0.15) is 11.1 Å². The van der Waals surface area contributed by atoms with Gasteiger partial charge in [0.25, 0.3) is 10.0 Å². The van der Waals surface area contributed by atoms with Crippen LogP contribution in [-0.2, 0) is 10.0 Å². The van der Waals surface area contributed by atoms with E-state index in [1.54, 1.807) is 0 Å². The molecule has 1 N–H and O–H groups in total. The molecule has 2 aromatic carbocycles. The van der Waals surface area contributed by atoms with E-state index in [2.05, 4.69) is 10.3 Å². The Balaban J connectivity index is 2.15. The highest BCUT2D eigenvalue weighted by molar-refractivity contribution is 7.89. The van der Waals surface area contributed by atoms with Crippen LogP contribution in [0.4, 0.5) is 8.78 Å². The van der Waals surface area contributed by atoms with Gasteiger partial charge in [0.05, 0.1) is 18.0 Å². The molecule has 0 aliphatic rings. The maximum atomic E-state index is 13.9. The summed E-state index contributed by atoms with van der Waals surface area (Å²) in [6, 6.07) is 7.31. The van der Waals surface area contributed by atoms with Gasteiger partial charge in [-0.3, -0.25) is 0 Å². The summed E-state index contributed by atoms with van der Waals surface area (Å²) in [5.41, 5.74) is 0.455. The quantitative estimate of drug-likeness (QED) is 0.446. The Hall–Kier alpha value is -2.81. The first-order valence-corrected chi connectivity index (χ1v) is 8.52. The van der Waals surface area contributed by atoms with Crippen LogP contribution in [0.2, 0.25) is 0 Å². The minimum atomic E-state index is -3.56. The molecule has 6 nitrogen and oxygen atoms in total. The summed E-state index contributed by atoms with van der Waals surface area (Å²) in [4.78, 5) is 0. The molecule has 0 spiro atoms. The van der Waals surface area contributed by atoms with Crippen molar-refractivity contribution >= 4 is 26.6 Å². The van der Waals surface area contributed by atoms with Crippen molar-refractivity contribution in [2.45, 2.75) is 0 Å². The number of oxime groups is 1. The average Bonchev–Trinajstić information content (AvgIpc) is 2.93. The number of fused-ring (bicyclic) bond motifs is 1. The van der Waals surface area contributed by atoms with Crippen LogP contribution in [0.15, 0.2) is 47.8 Å². The van der Waals surface area contributed by atoms with Crippen LogP contribution >= 0.6 is 0 Å². The standard InChI is InChI=1S/C15H11F2N3O3S/c1-24(22,23)20-14-5-2-9(6-10(14)8-18-20)15(19-21)12-4-3-11(16)7-13(12)17/h2-8,21H,1H3/b19-15-. The van der Waals surface area contributed by atoms with E-state index in [-0.39, 0.29) is 11.3 Å². The van der Waals surface area contributed by atoms with E-state index in [0.29, 0.717) is 22.5 Å². The third kappa shape index (κ3) is 2.73. The minimum absolute atomic E-state index is 0.0891. The third-order valence-electron chi connectivity index (χ3n) is 3.41. The highest BCUT2D eigenvalue weighted by Gasteiger charge is 2.17. The fourth-order valence-corrected chi connectivity index (χ4v) is 3.11. The highest BCUT2D eigenvalue weighted by atomic mass is 32.2. The maximum Gasteiger partial charge on any atom is 0.251 e. The summed E-state index contributed by atoms with van der Waals surface area (Å²) < 4.78 is 51.1. The number of hydrogen-bond donors (Lipinski definition) is 1. The van der Waals surface area contributed by atoms with Gasteiger partial charge >= 0.3 is 0 Å². The lowest BCUT2D eigenvalue weighted by molar-refractivity contribution is 0.319. The Labute approximate surface area is 135 Å². The van der Waals surface area contributed by atoms with Gasteiger partial charge in [-0.05, 0) is 24.3 Å². The molecule has 0 radical (unpaired) electrons. The smallest absolute Gasteiger partial charge is 0.251 e. The lowest BCUT2D eigenvalue weighted by atomic mass is 10.0. The van der Waals surface area contributed by atoms with E-state index in [4.69, 9.17) is 0 Å². The molecule has 9 heteroatoms. The first-order chi connectivity index (χ1) is 11.3. The number of hydrogen-bond acceptors (Lipinski definition) is 5. The van der Waals surface area contributed by atoms with Gasteiger partial charge < -0.3 is 5.21 Å². The molecule has 0 aliphatic heterocycles. The highest BCUT2D eigenvalue weighted by Crippen LogP contribution is 2.21.